The Morgan fingerprint density at radius 2 is 1.62 bits per heavy atom. The van der Waals surface area contributed by atoms with Crippen LogP contribution in [0.15, 0.2) is 48.5 Å². The topological polar surface area (TPSA) is 112 Å². The molecule has 10 nitrogen and oxygen atoms in total. The number of hydrogen-bond acceptors (Lipinski definition) is 7. The van der Waals surface area contributed by atoms with Crippen molar-refractivity contribution < 1.29 is 29.0 Å². The maximum Gasteiger partial charge on any atom is 0.325 e. The van der Waals surface area contributed by atoms with Crippen molar-refractivity contribution in [1.82, 2.24) is 20.0 Å². The van der Waals surface area contributed by atoms with Crippen molar-refractivity contribution >= 4 is 17.8 Å². The van der Waals surface area contributed by atoms with E-state index >= 15 is 0 Å². The van der Waals surface area contributed by atoms with Gasteiger partial charge in [-0.25, -0.2) is 4.79 Å². The number of hydrogen-bond donors (Lipinski definition) is 2. The van der Waals surface area contributed by atoms with Gasteiger partial charge in [0, 0.05) is 33.1 Å². The van der Waals surface area contributed by atoms with Crippen LogP contribution in [-0.4, -0.2) is 94.7 Å². The van der Waals surface area contributed by atoms with Crippen LogP contribution in [-0.2, 0) is 16.1 Å². The number of amides is 4. The molecule has 1 atom stereocenters. The van der Waals surface area contributed by atoms with E-state index in [0.29, 0.717) is 37.7 Å². The van der Waals surface area contributed by atoms with E-state index in [1.165, 1.54) is 11.8 Å². The number of ether oxygens (including phenoxy) is 2. The average Bonchev–Trinajstić information content (AvgIpc) is 2.99. The summed E-state index contributed by atoms with van der Waals surface area (Å²) < 4.78 is 11.7. The molecular weight excluding hydrogens is 500 g/mol. The molecule has 2 aromatic carbocycles. The summed E-state index contributed by atoms with van der Waals surface area (Å²) in [6, 6.07) is 14.8. The summed E-state index contributed by atoms with van der Waals surface area (Å²) in [6.45, 7) is 9.55. The number of aliphatic hydroxyl groups is 1. The molecule has 2 aliphatic heterocycles. The number of β-amino-alcohol motifs (C(OH)–C–C–N with tert-alkyl or cyclic N) is 1. The van der Waals surface area contributed by atoms with Gasteiger partial charge in [-0.05, 0) is 50.6 Å². The summed E-state index contributed by atoms with van der Waals surface area (Å²) in [5, 5.41) is 14.2. The Labute approximate surface area is 229 Å². The van der Waals surface area contributed by atoms with Crippen molar-refractivity contribution in [3.63, 3.8) is 0 Å². The van der Waals surface area contributed by atoms with Gasteiger partial charge in [0.1, 0.15) is 35.9 Å². The maximum absolute atomic E-state index is 12.3. The lowest BCUT2D eigenvalue weighted by atomic mass is 10.0. The van der Waals surface area contributed by atoms with Gasteiger partial charge in [0.2, 0.25) is 5.91 Å². The van der Waals surface area contributed by atoms with E-state index < -0.39 is 17.2 Å². The lowest BCUT2D eigenvalue weighted by Crippen LogP contribution is -2.51. The first kappa shape index (κ1) is 28.4. The monoisotopic (exact) mass is 538 g/mol. The van der Waals surface area contributed by atoms with Crippen LogP contribution >= 0.6 is 0 Å². The summed E-state index contributed by atoms with van der Waals surface area (Å²) in [6.07, 6.45) is 0. The lowest BCUT2D eigenvalue weighted by Gasteiger charge is -2.32. The number of nitrogens with zero attached hydrogens (tertiary/aromatic N) is 3. The summed E-state index contributed by atoms with van der Waals surface area (Å²) in [7, 11) is 0. The third kappa shape index (κ3) is 7.27. The SMILES string of the molecule is CC(=O)N1CCN(Cc2ccc(OCCN3C(=O)NC(C)(C)C3=O)cc2)CC(O)(COc2ccc(C)cc2)C1. The van der Waals surface area contributed by atoms with Crippen molar-refractivity contribution in [2.45, 2.75) is 45.4 Å². The van der Waals surface area contributed by atoms with E-state index in [1.807, 2.05) is 55.5 Å². The summed E-state index contributed by atoms with van der Waals surface area (Å²) >= 11 is 0. The first-order valence-electron chi connectivity index (χ1n) is 13.2. The first-order chi connectivity index (χ1) is 18.4. The molecule has 2 aliphatic rings. The molecule has 2 fully saturated rings. The molecule has 10 heteroatoms. The van der Waals surface area contributed by atoms with Crippen molar-refractivity contribution in [3.05, 3.63) is 59.7 Å². The maximum atomic E-state index is 12.3. The molecule has 210 valence electrons. The number of nitrogens with one attached hydrogen (secondary N) is 1. The van der Waals surface area contributed by atoms with Gasteiger partial charge in [-0.3, -0.25) is 19.4 Å². The van der Waals surface area contributed by atoms with Crippen molar-refractivity contribution in [2.24, 2.45) is 0 Å². The van der Waals surface area contributed by atoms with Gasteiger partial charge in [0.15, 0.2) is 0 Å². The number of benzene rings is 2. The second-order valence-electron chi connectivity index (χ2n) is 11.0. The van der Waals surface area contributed by atoms with E-state index in [2.05, 4.69) is 10.2 Å². The second kappa shape index (κ2) is 11.6. The third-order valence-electron chi connectivity index (χ3n) is 7.02. The van der Waals surface area contributed by atoms with Crippen molar-refractivity contribution in [1.29, 1.82) is 0 Å². The smallest absolute Gasteiger partial charge is 0.325 e. The average molecular weight is 539 g/mol. The van der Waals surface area contributed by atoms with Crippen LogP contribution in [0.3, 0.4) is 0 Å². The molecule has 2 N–H and O–H groups in total. The summed E-state index contributed by atoms with van der Waals surface area (Å²) in [5.41, 5.74) is 0.0199. The molecule has 4 rings (SSSR count). The Kier molecular flexibility index (Phi) is 8.46. The molecule has 2 heterocycles. The quantitative estimate of drug-likeness (QED) is 0.471. The highest BCUT2D eigenvalue weighted by Crippen LogP contribution is 2.22. The van der Waals surface area contributed by atoms with Gasteiger partial charge in [-0.2, -0.15) is 0 Å². The van der Waals surface area contributed by atoms with Gasteiger partial charge in [-0.15, -0.1) is 0 Å². The molecule has 2 saturated heterocycles. The molecule has 0 radical (unpaired) electrons. The molecule has 0 aliphatic carbocycles. The third-order valence-corrected chi connectivity index (χ3v) is 7.02. The minimum atomic E-state index is -1.23. The molecule has 0 bridgehead atoms. The fourth-order valence-corrected chi connectivity index (χ4v) is 4.81. The van der Waals surface area contributed by atoms with Crippen LogP contribution in [0.5, 0.6) is 11.5 Å². The molecule has 0 spiro atoms. The largest absolute Gasteiger partial charge is 0.492 e. The number of carbonyl (C=O) groups excluding carboxylic acids is 3. The summed E-state index contributed by atoms with van der Waals surface area (Å²) in [5.74, 6) is 0.958. The number of aryl methyl sites for hydroxylation is 1. The summed E-state index contributed by atoms with van der Waals surface area (Å²) in [4.78, 5) is 41.5. The number of imide groups is 1. The second-order valence-corrected chi connectivity index (χ2v) is 11.0. The Balaban J connectivity index is 1.33. The van der Waals surface area contributed by atoms with Crippen LogP contribution in [0.25, 0.3) is 0 Å². The number of carbonyl (C=O) groups is 3. The van der Waals surface area contributed by atoms with Crippen LogP contribution in [0.2, 0.25) is 0 Å². The minimum absolute atomic E-state index is 0.0673. The fraction of sp³-hybridized carbons (Fsp3) is 0.483. The van der Waals surface area contributed by atoms with Gasteiger partial charge in [0.05, 0.1) is 13.1 Å². The fourth-order valence-electron chi connectivity index (χ4n) is 4.81. The Bertz CT molecular complexity index is 1180. The van der Waals surface area contributed by atoms with Crippen LogP contribution in [0.1, 0.15) is 31.9 Å². The van der Waals surface area contributed by atoms with E-state index in [-0.39, 0.29) is 38.1 Å². The molecular formula is C29H38N4O6. The zero-order chi connectivity index (χ0) is 28.2. The van der Waals surface area contributed by atoms with E-state index in [1.54, 1.807) is 18.7 Å². The highest BCUT2D eigenvalue weighted by atomic mass is 16.5. The van der Waals surface area contributed by atoms with E-state index in [9.17, 15) is 19.5 Å². The Morgan fingerprint density at radius 3 is 2.23 bits per heavy atom. The Hall–Kier alpha value is -3.63. The van der Waals surface area contributed by atoms with E-state index in [4.69, 9.17) is 9.47 Å². The molecule has 2 aromatic rings. The van der Waals surface area contributed by atoms with Crippen LogP contribution in [0.4, 0.5) is 4.79 Å². The molecule has 1 unspecified atom stereocenters. The standard InChI is InChI=1S/C29H38N4O6/c1-21-5-9-25(10-6-21)39-20-29(37)18-31(13-14-32(19-29)22(2)34)17-23-7-11-24(12-8-23)38-16-15-33-26(35)28(3,4)30-27(33)36/h5-12,37H,13-20H2,1-4H3,(H,30,36). The molecule has 0 saturated carbocycles. The highest BCUT2D eigenvalue weighted by molar-refractivity contribution is 6.06. The minimum Gasteiger partial charge on any atom is -0.492 e. The van der Waals surface area contributed by atoms with Crippen LogP contribution in [0, 0.1) is 6.92 Å². The highest BCUT2D eigenvalue weighted by Gasteiger charge is 2.44. The normalized spacial score (nSPS) is 21.5. The predicted molar refractivity (Wildman–Crippen MR) is 145 cm³/mol. The first-order valence-corrected chi connectivity index (χ1v) is 13.2. The van der Waals surface area contributed by atoms with Crippen LogP contribution < -0.4 is 14.8 Å². The zero-order valence-corrected chi connectivity index (χ0v) is 23.1. The number of urea groups is 1. The van der Waals surface area contributed by atoms with Gasteiger partial charge < -0.3 is 24.8 Å². The predicted octanol–water partition coefficient (Wildman–Crippen LogP) is 2.18. The zero-order valence-electron chi connectivity index (χ0n) is 23.1. The number of rotatable bonds is 9. The lowest BCUT2D eigenvalue weighted by molar-refractivity contribution is -0.132. The molecule has 4 amide bonds. The molecule has 0 aromatic heterocycles. The van der Waals surface area contributed by atoms with Gasteiger partial charge in [0.25, 0.3) is 5.91 Å². The van der Waals surface area contributed by atoms with Gasteiger partial charge >= 0.3 is 6.03 Å². The van der Waals surface area contributed by atoms with Crippen molar-refractivity contribution in [2.75, 3.05) is 45.9 Å². The van der Waals surface area contributed by atoms with Crippen molar-refractivity contribution in [3.8, 4) is 11.5 Å². The molecule has 39 heavy (non-hydrogen) atoms. The Morgan fingerprint density at radius 1 is 0.974 bits per heavy atom. The van der Waals surface area contributed by atoms with E-state index in [0.717, 1.165) is 11.1 Å². The van der Waals surface area contributed by atoms with Gasteiger partial charge in [-0.1, -0.05) is 29.8 Å².